The molecular weight excluding hydrogens is 215 g/mol. The highest BCUT2D eigenvalue weighted by atomic mass is 19.4. The highest BCUT2D eigenvalue weighted by Crippen LogP contribution is 2.38. The number of halogens is 3. The van der Waals surface area contributed by atoms with Crippen molar-refractivity contribution in [1.29, 1.82) is 0 Å². The fraction of sp³-hybridized carbons (Fsp3) is 0.875. The molecule has 1 unspecified atom stereocenters. The molecule has 0 saturated carbocycles. The Morgan fingerprint density at radius 2 is 1.87 bits per heavy atom. The highest BCUT2D eigenvalue weighted by molar-refractivity contribution is 5.87. The third kappa shape index (κ3) is 2.98. The Bertz CT molecular complexity index is 242. The molecule has 0 aliphatic heterocycles. The van der Waals surface area contributed by atoms with Crippen LogP contribution in [0.3, 0.4) is 0 Å². The number of unbranched alkanes of at least 4 members (excludes halogenated alkanes) is 1. The molecule has 0 bridgehead atoms. The molecule has 0 spiro atoms. The van der Waals surface area contributed by atoms with Gasteiger partial charge in [0.1, 0.15) is 0 Å². The molecule has 0 aromatic rings. The van der Waals surface area contributed by atoms with Crippen molar-refractivity contribution in [3.63, 3.8) is 0 Å². The minimum atomic E-state index is -4.98. The lowest BCUT2D eigenvalue weighted by Gasteiger charge is -2.25. The van der Waals surface area contributed by atoms with Crippen LogP contribution in [0, 0.1) is 4.91 Å². The van der Waals surface area contributed by atoms with Crippen molar-refractivity contribution in [2.75, 3.05) is 6.61 Å². The Morgan fingerprint density at radius 1 is 1.33 bits per heavy atom. The Kier molecular flexibility index (Phi) is 4.86. The number of aliphatic hydroxyl groups is 1. The zero-order valence-corrected chi connectivity index (χ0v) is 8.17. The van der Waals surface area contributed by atoms with Gasteiger partial charge in [-0.1, -0.05) is 0 Å². The Labute approximate surface area is 84.4 Å². The van der Waals surface area contributed by atoms with Crippen LogP contribution in [0.5, 0.6) is 0 Å². The lowest BCUT2D eigenvalue weighted by Crippen LogP contribution is -2.49. The van der Waals surface area contributed by atoms with E-state index in [1.165, 1.54) is 0 Å². The third-order valence-corrected chi connectivity index (χ3v) is 2.15. The fourth-order valence-corrected chi connectivity index (χ4v) is 1.17. The van der Waals surface area contributed by atoms with Gasteiger partial charge < -0.3 is 5.11 Å². The normalized spacial score (nSPS) is 15.8. The molecule has 0 aliphatic carbocycles. The predicted molar refractivity (Wildman–Crippen MR) is 46.2 cm³/mol. The predicted octanol–water partition coefficient (Wildman–Crippen LogP) is 1.81. The van der Waals surface area contributed by atoms with Crippen molar-refractivity contribution in [1.82, 2.24) is 0 Å². The minimum absolute atomic E-state index is 0.0820. The number of nitroso groups, excluding NO2 is 1. The molecule has 15 heavy (non-hydrogen) atoms. The molecule has 4 nitrogen and oxygen atoms in total. The van der Waals surface area contributed by atoms with Crippen molar-refractivity contribution in [2.45, 2.75) is 37.9 Å². The van der Waals surface area contributed by atoms with Crippen LogP contribution in [0.1, 0.15) is 26.2 Å². The second-order valence-corrected chi connectivity index (χ2v) is 3.19. The Balaban J connectivity index is 4.84. The summed E-state index contributed by atoms with van der Waals surface area (Å²) in [5, 5.41) is 10.4. The van der Waals surface area contributed by atoms with Crippen molar-refractivity contribution < 1.29 is 23.1 Å². The van der Waals surface area contributed by atoms with Gasteiger partial charge in [0.05, 0.1) is 0 Å². The van der Waals surface area contributed by atoms with Gasteiger partial charge in [0, 0.05) is 6.61 Å². The van der Waals surface area contributed by atoms with E-state index in [-0.39, 0.29) is 19.4 Å². The number of carbonyl (C=O) groups excluding carboxylic acids is 1. The summed E-state index contributed by atoms with van der Waals surface area (Å²) in [6, 6.07) is 0. The molecule has 0 saturated heterocycles. The summed E-state index contributed by atoms with van der Waals surface area (Å²) in [5.74, 6) is -1.32. The summed E-state index contributed by atoms with van der Waals surface area (Å²) in [4.78, 5) is 21.1. The average molecular weight is 227 g/mol. The van der Waals surface area contributed by atoms with Crippen molar-refractivity contribution >= 4 is 5.78 Å². The van der Waals surface area contributed by atoms with E-state index in [9.17, 15) is 22.9 Å². The van der Waals surface area contributed by atoms with E-state index in [4.69, 9.17) is 5.11 Å². The second-order valence-electron chi connectivity index (χ2n) is 3.19. The van der Waals surface area contributed by atoms with E-state index in [0.29, 0.717) is 6.92 Å². The molecule has 0 rings (SSSR count). The molecule has 1 N–H and O–H groups in total. The lowest BCUT2D eigenvalue weighted by atomic mass is 9.89. The van der Waals surface area contributed by atoms with Crippen LogP contribution >= 0.6 is 0 Å². The quantitative estimate of drug-likeness (QED) is 0.555. The number of ketones is 1. The molecule has 0 aromatic carbocycles. The van der Waals surface area contributed by atoms with Crippen molar-refractivity contribution in [3.05, 3.63) is 4.91 Å². The Hall–Kier alpha value is -0.980. The Morgan fingerprint density at radius 3 is 2.13 bits per heavy atom. The molecule has 0 heterocycles. The van der Waals surface area contributed by atoms with E-state index < -0.39 is 23.9 Å². The lowest BCUT2D eigenvalue weighted by molar-refractivity contribution is -0.190. The number of aliphatic hydroxyl groups excluding tert-OH is 1. The fourth-order valence-electron chi connectivity index (χ4n) is 1.17. The minimum Gasteiger partial charge on any atom is -0.396 e. The van der Waals surface area contributed by atoms with Crippen LogP contribution < -0.4 is 0 Å². The molecule has 0 aliphatic rings. The number of carbonyl (C=O) groups is 1. The SMILES string of the molecule is CC(=O)C(CCCCO)(N=O)C(F)(F)F. The van der Waals surface area contributed by atoms with E-state index >= 15 is 0 Å². The second kappa shape index (κ2) is 5.20. The van der Waals surface area contributed by atoms with Gasteiger partial charge in [0.2, 0.25) is 0 Å². The van der Waals surface area contributed by atoms with Crippen molar-refractivity contribution in [3.8, 4) is 0 Å². The van der Waals surface area contributed by atoms with Crippen LogP contribution in [-0.4, -0.2) is 29.2 Å². The first kappa shape index (κ1) is 14.0. The molecule has 0 fully saturated rings. The first-order valence-corrected chi connectivity index (χ1v) is 4.35. The first-order chi connectivity index (χ1) is 6.81. The van der Waals surface area contributed by atoms with Gasteiger partial charge in [-0.15, -0.1) is 4.91 Å². The summed E-state index contributed by atoms with van der Waals surface area (Å²) in [5.41, 5.74) is -3.15. The third-order valence-electron chi connectivity index (χ3n) is 2.15. The smallest absolute Gasteiger partial charge is 0.396 e. The van der Waals surface area contributed by atoms with Crippen LogP contribution in [0.15, 0.2) is 5.18 Å². The highest BCUT2D eigenvalue weighted by Gasteiger charge is 2.60. The maximum Gasteiger partial charge on any atom is 0.424 e. The van der Waals surface area contributed by atoms with Gasteiger partial charge in [-0.25, -0.2) is 0 Å². The maximum absolute atomic E-state index is 12.5. The van der Waals surface area contributed by atoms with Gasteiger partial charge in [0.25, 0.3) is 5.54 Å². The van der Waals surface area contributed by atoms with Gasteiger partial charge >= 0.3 is 6.18 Å². The molecular formula is C8H12F3NO3. The van der Waals surface area contributed by atoms with Crippen LogP contribution in [0.4, 0.5) is 13.2 Å². The summed E-state index contributed by atoms with van der Waals surface area (Å²) in [7, 11) is 0. The molecule has 7 heteroatoms. The van der Waals surface area contributed by atoms with Crippen LogP contribution in [0.2, 0.25) is 0 Å². The molecule has 88 valence electrons. The largest absolute Gasteiger partial charge is 0.424 e. The first-order valence-electron chi connectivity index (χ1n) is 4.35. The van der Waals surface area contributed by atoms with Gasteiger partial charge in [-0.3, -0.25) is 4.79 Å². The van der Waals surface area contributed by atoms with E-state index in [0.717, 1.165) is 0 Å². The average Bonchev–Trinajstić information content (AvgIpc) is 2.10. The van der Waals surface area contributed by atoms with Gasteiger partial charge in [0.15, 0.2) is 5.78 Å². The van der Waals surface area contributed by atoms with Crippen molar-refractivity contribution in [2.24, 2.45) is 5.18 Å². The monoisotopic (exact) mass is 227 g/mol. The van der Waals surface area contributed by atoms with E-state index in [2.05, 4.69) is 0 Å². The summed E-state index contributed by atoms with van der Waals surface area (Å²) < 4.78 is 37.4. The van der Waals surface area contributed by atoms with Crippen LogP contribution in [-0.2, 0) is 4.79 Å². The topological polar surface area (TPSA) is 66.7 Å². The number of Topliss-reactive ketones (excluding diaryl/α,β-unsaturated/α-hetero) is 1. The summed E-state index contributed by atoms with van der Waals surface area (Å²) in [6.07, 6.45) is -5.67. The number of nitrogens with zero attached hydrogens (tertiary/aromatic N) is 1. The summed E-state index contributed by atoms with van der Waals surface area (Å²) >= 11 is 0. The zero-order chi connectivity index (χ0) is 12.1. The number of hydrogen-bond acceptors (Lipinski definition) is 4. The van der Waals surface area contributed by atoms with Gasteiger partial charge in [-0.2, -0.15) is 13.2 Å². The number of rotatable bonds is 6. The number of alkyl halides is 3. The molecule has 1 atom stereocenters. The molecule has 0 amide bonds. The van der Waals surface area contributed by atoms with Gasteiger partial charge in [-0.05, 0) is 31.4 Å². The summed E-state index contributed by atoms with van der Waals surface area (Å²) in [6.45, 7) is 0.401. The maximum atomic E-state index is 12.5. The standard InChI is InChI=1S/C8H12F3NO3/c1-6(14)7(12-15,8(9,10)11)4-2-3-5-13/h13H,2-5H2,1H3. The number of hydrogen-bond donors (Lipinski definition) is 1. The molecule has 0 radical (unpaired) electrons. The van der Waals surface area contributed by atoms with Crippen LogP contribution in [0.25, 0.3) is 0 Å². The molecule has 0 aromatic heterocycles. The van der Waals surface area contributed by atoms with E-state index in [1.807, 2.05) is 5.18 Å². The zero-order valence-electron chi connectivity index (χ0n) is 8.17. The van der Waals surface area contributed by atoms with E-state index in [1.54, 1.807) is 0 Å².